The van der Waals surface area contributed by atoms with Gasteiger partial charge in [0, 0.05) is 24.7 Å². The number of carbonyl (C=O) groups excluding carboxylic acids is 1. The van der Waals surface area contributed by atoms with Gasteiger partial charge in [-0.2, -0.15) is 0 Å². The van der Waals surface area contributed by atoms with Crippen LogP contribution in [-0.4, -0.2) is 45.1 Å². The third kappa shape index (κ3) is 2.55. The van der Waals surface area contributed by atoms with Gasteiger partial charge in [0.1, 0.15) is 0 Å². The normalized spacial score (nSPS) is 26.8. The zero-order valence-electron chi connectivity index (χ0n) is 16.1. The molecule has 7 heteroatoms. The van der Waals surface area contributed by atoms with Gasteiger partial charge in [-0.15, -0.1) is 0 Å². The number of fused-ring (bicyclic) bond motifs is 2. The van der Waals surface area contributed by atoms with Crippen LogP contribution in [0.2, 0.25) is 0 Å². The number of carbonyl (C=O) groups is 2. The van der Waals surface area contributed by atoms with Crippen LogP contribution in [0.25, 0.3) is 11.1 Å². The maximum absolute atomic E-state index is 13.5. The largest absolute Gasteiger partial charge is 0.481 e. The number of aryl methyl sites for hydroxylation is 1. The van der Waals surface area contributed by atoms with Gasteiger partial charge in [-0.25, -0.2) is 4.98 Å². The van der Waals surface area contributed by atoms with Gasteiger partial charge in [0.2, 0.25) is 0 Å². The number of amides is 1. The lowest BCUT2D eigenvalue weighted by atomic mass is 9.81. The Morgan fingerprint density at radius 3 is 2.86 bits per heavy atom. The summed E-state index contributed by atoms with van der Waals surface area (Å²) in [6.45, 7) is 2.87. The molecule has 2 saturated carbocycles. The van der Waals surface area contributed by atoms with E-state index in [2.05, 4.69) is 17.1 Å². The summed E-state index contributed by atoms with van der Waals surface area (Å²) in [6.07, 6.45) is 6.24. The van der Waals surface area contributed by atoms with Crippen LogP contribution in [0.4, 0.5) is 0 Å². The molecule has 5 rings (SSSR count). The van der Waals surface area contributed by atoms with Crippen LogP contribution < -0.4 is 0 Å². The highest BCUT2D eigenvalue weighted by atomic mass is 16.5. The van der Waals surface area contributed by atoms with Crippen molar-refractivity contribution in [3.63, 3.8) is 0 Å². The van der Waals surface area contributed by atoms with Crippen molar-refractivity contribution in [1.82, 2.24) is 15.0 Å². The first-order valence-corrected chi connectivity index (χ1v) is 10.4. The van der Waals surface area contributed by atoms with Crippen LogP contribution >= 0.6 is 0 Å². The second-order valence-corrected chi connectivity index (χ2v) is 8.66. The van der Waals surface area contributed by atoms with Crippen molar-refractivity contribution in [2.24, 2.45) is 11.3 Å². The molecule has 1 saturated heterocycles. The fraction of sp³-hybridized carbons (Fsp3) is 0.619. The second-order valence-electron chi connectivity index (χ2n) is 8.66. The summed E-state index contributed by atoms with van der Waals surface area (Å²) in [5, 5.41) is 14.7. The van der Waals surface area contributed by atoms with Gasteiger partial charge in [0.15, 0.2) is 0 Å². The van der Waals surface area contributed by atoms with E-state index in [9.17, 15) is 14.7 Å². The van der Waals surface area contributed by atoms with Gasteiger partial charge >= 0.3 is 5.97 Å². The highest BCUT2D eigenvalue weighted by Crippen LogP contribution is 2.49. The summed E-state index contributed by atoms with van der Waals surface area (Å²) in [6, 6.07) is 1.90. The quantitative estimate of drug-likeness (QED) is 0.850. The predicted molar refractivity (Wildman–Crippen MR) is 101 cm³/mol. The number of hydrogen-bond acceptors (Lipinski definition) is 5. The lowest BCUT2D eigenvalue weighted by Crippen LogP contribution is -2.37. The van der Waals surface area contributed by atoms with E-state index in [-0.39, 0.29) is 11.8 Å². The number of hydrogen-bond donors (Lipinski definition) is 1. The fourth-order valence-electron chi connectivity index (χ4n) is 5.16. The molecule has 1 N–H and O–H groups in total. The Morgan fingerprint density at radius 1 is 1.36 bits per heavy atom. The Balaban J connectivity index is 1.55. The van der Waals surface area contributed by atoms with E-state index >= 15 is 0 Å². The first kappa shape index (κ1) is 17.6. The second kappa shape index (κ2) is 6.29. The molecule has 148 valence electrons. The molecule has 0 bridgehead atoms. The standard InChI is InChI=1S/C21H25N3O4/c1-2-4-15-17-14(9-16(12-6-7-12)22-18(17)28-23-15)19(25)24-10-13-5-3-8-21(13,11-24)20(26)27/h9,12-13H,2-8,10-11H2,1H3,(H,26,27)/t13-,21+/m0/s1. The number of aliphatic carboxylic acids is 1. The summed E-state index contributed by atoms with van der Waals surface area (Å²) < 4.78 is 5.48. The Labute approximate surface area is 163 Å². The minimum absolute atomic E-state index is 0.0479. The van der Waals surface area contributed by atoms with Crippen LogP contribution in [0.5, 0.6) is 0 Å². The number of aromatic nitrogens is 2. The molecule has 3 heterocycles. The molecular weight excluding hydrogens is 358 g/mol. The van der Waals surface area contributed by atoms with Crippen LogP contribution in [0.15, 0.2) is 10.6 Å². The van der Waals surface area contributed by atoms with E-state index in [0.717, 1.165) is 49.9 Å². The number of likely N-dealkylation sites (tertiary alicyclic amines) is 1. The number of nitrogens with zero attached hydrogens (tertiary/aromatic N) is 3. The maximum Gasteiger partial charge on any atom is 0.311 e. The Bertz CT molecular complexity index is 964. The summed E-state index contributed by atoms with van der Waals surface area (Å²) in [7, 11) is 0. The van der Waals surface area contributed by atoms with E-state index in [1.165, 1.54) is 0 Å². The highest BCUT2D eigenvalue weighted by molar-refractivity contribution is 6.06. The SMILES string of the molecule is CCCc1noc2nc(C3CC3)cc(C(=O)N3C[C@@H]4CCC[C@@]4(C(=O)O)C3)c12. The Morgan fingerprint density at radius 2 is 2.18 bits per heavy atom. The summed E-state index contributed by atoms with van der Waals surface area (Å²) in [4.78, 5) is 31.9. The lowest BCUT2D eigenvalue weighted by molar-refractivity contribution is -0.149. The van der Waals surface area contributed by atoms with Crippen molar-refractivity contribution in [3.05, 3.63) is 23.0 Å². The molecule has 3 aliphatic rings. The number of pyridine rings is 1. The highest BCUT2D eigenvalue weighted by Gasteiger charge is 2.56. The third-order valence-electron chi connectivity index (χ3n) is 6.83. The van der Waals surface area contributed by atoms with Crippen molar-refractivity contribution >= 4 is 23.0 Å². The van der Waals surface area contributed by atoms with Gasteiger partial charge in [0.05, 0.1) is 22.1 Å². The smallest absolute Gasteiger partial charge is 0.311 e. The monoisotopic (exact) mass is 383 g/mol. The first-order valence-electron chi connectivity index (χ1n) is 10.4. The number of rotatable bonds is 5. The molecular formula is C21H25N3O4. The third-order valence-corrected chi connectivity index (χ3v) is 6.83. The number of carboxylic acids is 1. The van der Waals surface area contributed by atoms with Crippen LogP contribution in [0, 0.1) is 11.3 Å². The lowest BCUT2D eigenvalue weighted by Gasteiger charge is -2.23. The Kier molecular flexibility index (Phi) is 3.96. The molecule has 3 fully saturated rings. The topological polar surface area (TPSA) is 96.5 Å². The first-order chi connectivity index (χ1) is 13.5. The van der Waals surface area contributed by atoms with Gasteiger partial charge in [-0.05, 0) is 44.1 Å². The van der Waals surface area contributed by atoms with Crippen molar-refractivity contribution in [2.75, 3.05) is 13.1 Å². The summed E-state index contributed by atoms with van der Waals surface area (Å²) >= 11 is 0. The molecule has 2 aromatic rings. The summed E-state index contributed by atoms with van der Waals surface area (Å²) in [5.41, 5.74) is 1.90. The van der Waals surface area contributed by atoms with Gasteiger partial charge in [-0.1, -0.05) is 24.9 Å². The van der Waals surface area contributed by atoms with Crippen molar-refractivity contribution < 1.29 is 19.2 Å². The van der Waals surface area contributed by atoms with E-state index in [1.807, 2.05) is 6.07 Å². The zero-order chi connectivity index (χ0) is 19.5. The minimum Gasteiger partial charge on any atom is -0.481 e. The van der Waals surface area contributed by atoms with Crippen molar-refractivity contribution in [3.8, 4) is 0 Å². The van der Waals surface area contributed by atoms with E-state index in [1.54, 1.807) is 4.90 Å². The molecule has 1 amide bonds. The molecule has 0 radical (unpaired) electrons. The molecule has 0 unspecified atom stereocenters. The van der Waals surface area contributed by atoms with Gasteiger partial charge < -0.3 is 14.5 Å². The van der Waals surface area contributed by atoms with E-state index in [0.29, 0.717) is 42.1 Å². The van der Waals surface area contributed by atoms with Crippen LogP contribution in [0.3, 0.4) is 0 Å². The molecule has 7 nitrogen and oxygen atoms in total. The summed E-state index contributed by atoms with van der Waals surface area (Å²) in [5.74, 6) is -0.434. The Hall–Kier alpha value is -2.44. The average molecular weight is 383 g/mol. The average Bonchev–Trinajstić information content (AvgIpc) is 3.16. The molecule has 2 aliphatic carbocycles. The molecule has 2 atom stereocenters. The molecule has 2 aromatic heterocycles. The van der Waals surface area contributed by atoms with Crippen molar-refractivity contribution in [1.29, 1.82) is 0 Å². The predicted octanol–water partition coefficient (Wildman–Crippen LogP) is 3.38. The van der Waals surface area contributed by atoms with Gasteiger partial charge in [0.25, 0.3) is 11.6 Å². The van der Waals surface area contributed by atoms with Gasteiger partial charge in [-0.3, -0.25) is 9.59 Å². The number of carboxylic acid groups (broad SMARTS) is 1. The fourth-order valence-corrected chi connectivity index (χ4v) is 5.16. The maximum atomic E-state index is 13.5. The molecule has 28 heavy (non-hydrogen) atoms. The molecule has 0 aromatic carbocycles. The van der Waals surface area contributed by atoms with E-state index < -0.39 is 11.4 Å². The minimum atomic E-state index is -0.776. The van der Waals surface area contributed by atoms with Crippen LogP contribution in [0.1, 0.15) is 73.1 Å². The molecule has 0 spiro atoms. The van der Waals surface area contributed by atoms with Crippen molar-refractivity contribution in [2.45, 2.75) is 57.8 Å². The van der Waals surface area contributed by atoms with Crippen LogP contribution in [-0.2, 0) is 11.2 Å². The van der Waals surface area contributed by atoms with E-state index in [4.69, 9.17) is 4.52 Å². The zero-order valence-corrected chi connectivity index (χ0v) is 16.1. The molecule has 1 aliphatic heterocycles.